The van der Waals surface area contributed by atoms with Gasteiger partial charge in [-0.25, -0.2) is 4.79 Å². The number of fused-ring (bicyclic) bond motifs is 2. The third-order valence-corrected chi connectivity index (χ3v) is 9.70. The molecule has 3 atom stereocenters. The molecule has 2 aromatic carbocycles. The molecule has 3 aromatic rings. The van der Waals surface area contributed by atoms with Gasteiger partial charge in [0.25, 0.3) is 5.56 Å². The fourth-order valence-electron chi connectivity index (χ4n) is 6.95. The molecule has 0 fully saturated rings. The number of allylic oxidation sites excluding steroid dienone is 1. The topological polar surface area (TPSA) is 149 Å². The molecule has 1 aromatic heterocycles. The van der Waals surface area contributed by atoms with Crippen LogP contribution in [0.5, 0.6) is 23.0 Å². The van der Waals surface area contributed by atoms with E-state index in [2.05, 4.69) is 22.2 Å². The number of halogens is 1. The van der Waals surface area contributed by atoms with Crippen LogP contribution in [0, 0.1) is 5.92 Å². The van der Waals surface area contributed by atoms with Gasteiger partial charge in [0.15, 0.2) is 5.75 Å². The van der Waals surface area contributed by atoms with Crippen molar-refractivity contribution in [3.63, 3.8) is 0 Å². The first-order chi connectivity index (χ1) is 22.7. The van der Waals surface area contributed by atoms with Crippen LogP contribution in [0.25, 0.3) is 0 Å². The molecule has 3 aliphatic rings. The third-order valence-electron chi connectivity index (χ3n) is 9.34. The predicted molar refractivity (Wildman–Crippen MR) is 177 cm³/mol. The number of anilines is 1. The molecule has 0 saturated carbocycles. The van der Waals surface area contributed by atoms with Crippen LogP contribution in [0.3, 0.4) is 0 Å². The Bertz CT molecular complexity index is 1880. The number of Topliss-reactive ketones (excluding diaryl/α,β-unsaturated/α-hetero) is 2. The van der Waals surface area contributed by atoms with E-state index in [1.807, 2.05) is 0 Å². The number of rotatable bonds is 11. The SMILES string of the molecule is CCCCCCCCOc1ccc(C2C3=C(CC(C)C4(Oc5c(Cl)c(OC)cc(OC)c5C4=O)C3=O)Nc3[nH]c(=O)[nH]c(=O)c32)cc1. The molecule has 11 nitrogen and oxygen atoms in total. The van der Waals surface area contributed by atoms with Gasteiger partial charge >= 0.3 is 5.69 Å². The van der Waals surface area contributed by atoms with Crippen LogP contribution >= 0.6 is 11.6 Å². The van der Waals surface area contributed by atoms with E-state index < -0.39 is 40.3 Å². The Morgan fingerprint density at radius 1 is 0.936 bits per heavy atom. The Kier molecular flexibility index (Phi) is 8.93. The maximum Gasteiger partial charge on any atom is 0.327 e. The average molecular weight is 664 g/mol. The van der Waals surface area contributed by atoms with Crippen LogP contribution in [-0.4, -0.2) is 48.0 Å². The van der Waals surface area contributed by atoms with E-state index in [9.17, 15) is 19.2 Å². The lowest BCUT2D eigenvalue weighted by molar-refractivity contribution is -0.130. The quantitative estimate of drug-likeness (QED) is 0.168. The smallest absolute Gasteiger partial charge is 0.327 e. The number of methoxy groups -OCH3 is 2. The predicted octanol–water partition coefficient (Wildman–Crippen LogP) is 5.91. The highest BCUT2D eigenvalue weighted by Gasteiger charge is 2.63. The van der Waals surface area contributed by atoms with Crippen molar-refractivity contribution in [2.45, 2.75) is 70.3 Å². The van der Waals surface area contributed by atoms with Crippen LogP contribution in [0.2, 0.25) is 5.02 Å². The van der Waals surface area contributed by atoms with E-state index >= 15 is 0 Å². The van der Waals surface area contributed by atoms with Gasteiger partial charge in [0.05, 0.1) is 26.4 Å². The Labute approximate surface area is 276 Å². The van der Waals surface area contributed by atoms with Crippen molar-refractivity contribution in [2.24, 2.45) is 5.92 Å². The molecule has 2 aliphatic heterocycles. The molecule has 47 heavy (non-hydrogen) atoms. The standard InChI is InChI=1S/C35H38ClN3O8/c1-5-6-7-8-9-10-15-46-20-13-11-19(12-14-20)24-25-21(37-32-27(24)33(42)39-34(43)38-32)16-18(2)35(30(25)40)31(41)26-22(44-3)17-23(45-4)28(36)29(26)47-35/h11-14,17-18,24H,5-10,15-16H2,1-4H3,(H3,37,38,39,42,43). The van der Waals surface area contributed by atoms with Crippen molar-refractivity contribution in [3.05, 3.63) is 84.2 Å². The number of hydrogen-bond acceptors (Lipinski definition) is 9. The number of aromatic nitrogens is 2. The third kappa shape index (κ3) is 5.40. The Morgan fingerprint density at radius 3 is 2.34 bits per heavy atom. The number of nitrogens with one attached hydrogen (secondary N) is 3. The average Bonchev–Trinajstić information content (AvgIpc) is 3.37. The highest BCUT2D eigenvalue weighted by Crippen LogP contribution is 2.56. The van der Waals surface area contributed by atoms with Crippen molar-refractivity contribution in [2.75, 3.05) is 26.1 Å². The number of unbranched alkanes of at least 4 members (excludes halogenated alkanes) is 5. The first-order valence-corrected chi connectivity index (χ1v) is 16.4. The summed E-state index contributed by atoms with van der Waals surface area (Å²) in [5.41, 5.74) is -1.85. The van der Waals surface area contributed by atoms with E-state index in [0.29, 0.717) is 23.6 Å². The Balaban J connectivity index is 1.38. The molecule has 1 spiro atoms. The van der Waals surface area contributed by atoms with Gasteiger partial charge in [0, 0.05) is 29.2 Å². The normalized spacial score (nSPS) is 21.1. The summed E-state index contributed by atoms with van der Waals surface area (Å²) in [4.78, 5) is 59.9. The maximum atomic E-state index is 14.9. The van der Waals surface area contributed by atoms with Crippen LogP contribution < -0.4 is 35.5 Å². The van der Waals surface area contributed by atoms with Crippen molar-refractivity contribution >= 4 is 29.0 Å². The summed E-state index contributed by atoms with van der Waals surface area (Å²) in [5, 5.41) is 3.16. The molecule has 6 rings (SSSR count). The summed E-state index contributed by atoms with van der Waals surface area (Å²) in [6.45, 7) is 4.51. The zero-order valence-electron chi connectivity index (χ0n) is 26.8. The van der Waals surface area contributed by atoms with Gasteiger partial charge in [-0.2, -0.15) is 0 Å². The van der Waals surface area contributed by atoms with Gasteiger partial charge in [0.1, 0.15) is 33.7 Å². The molecule has 0 amide bonds. The highest BCUT2D eigenvalue weighted by atomic mass is 35.5. The zero-order valence-corrected chi connectivity index (χ0v) is 27.6. The number of carbonyl (C=O) groups excluding carboxylic acids is 2. The van der Waals surface area contributed by atoms with Crippen molar-refractivity contribution < 1.29 is 28.5 Å². The molecule has 0 radical (unpaired) electrons. The summed E-state index contributed by atoms with van der Waals surface area (Å²) in [5.74, 6) is -1.55. The lowest BCUT2D eigenvalue weighted by atomic mass is 9.66. The first kappa shape index (κ1) is 32.4. The van der Waals surface area contributed by atoms with Crippen LogP contribution in [0.4, 0.5) is 5.82 Å². The van der Waals surface area contributed by atoms with E-state index in [-0.39, 0.29) is 51.2 Å². The van der Waals surface area contributed by atoms with Crippen molar-refractivity contribution in [1.29, 1.82) is 0 Å². The molecule has 3 N–H and O–H groups in total. The summed E-state index contributed by atoms with van der Waals surface area (Å²) in [7, 11) is 2.83. The largest absolute Gasteiger partial charge is 0.496 e. The van der Waals surface area contributed by atoms with Gasteiger partial charge in [-0.05, 0) is 30.5 Å². The number of carbonyl (C=O) groups is 2. The van der Waals surface area contributed by atoms with Crippen LogP contribution in [-0.2, 0) is 4.79 Å². The molecule has 0 bridgehead atoms. The van der Waals surface area contributed by atoms with E-state index in [1.54, 1.807) is 31.2 Å². The lowest BCUT2D eigenvalue weighted by Gasteiger charge is -2.42. The van der Waals surface area contributed by atoms with Gasteiger partial charge in [0.2, 0.25) is 17.2 Å². The van der Waals surface area contributed by atoms with Gasteiger partial charge in [-0.1, -0.05) is 69.7 Å². The molecule has 1 aliphatic carbocycles. The summed E-state index contributed by atoms with van der Waals surface area (Å²) < 4.78 is 23.2. The number of aromatic amines is 2. The lowest BCUT2D eigenvalue weighted by Crippen LogP contribution is -2.58. The minimum atomic E-state index is -1.98. The fraction of sp³-hybridized carbons (Fsp3) is 0.429. The monoisotopic (exact) mass is 663 g/mol. The second kappa shape index (κ2) is 12.9. The summed E-state index contributed by atoms with van der Waals surface area (Å²) in [6.07, 6.45) is 7.08. The molecule has 0 saturated heterocycles. The number of ether oxygens (including phenoxy) is 4. The minimum Gasteiger partial charge on any atom is -0.496 e. The fourth-order valence-corrected chi connectivity index (χ4v) is 7.21. The highest BCUT2D eigenvalue weighted by molar-refractivity contribution is 6.36. The zero-order chi connectivity index (χ0) is 33.5. The van der Waals surface area contributed by atoms with E-state index in [1.165, 1.54) is 46.0 Å². The molecular weight excluding hydrogens is 626 g/mol. The second-order valence-corrected chi connectivity index (χ2v) is 12.6. The first-order valence-electron chi connectivity index (χ1n) is 16.0. The molecular formula is C35H38ClN3O8. The second-order valence-electron chi connectivity index (χ2n) is 12.2. The number of ketones is 2. The van der Waals surface area contributed by atoms with Gasteiger partial charge in [-0.15, -0.1) is 0 Å². The summed E-state index contributed by atoms with van der Waals surface area (Å²) >= 11 is 6.62. The van der Waals surface area contributed by atoms with Crippen LogP contribution in [0.15, 0.2) is 51.2 Å². The molecule has 3 heterocycles. The maximum absolute atomic E-state index is 14.9. The van der Waals surface area contributed by atoms with Crippen molar-refractivity contribution in [1.82, 2.24) is 9.97 Å². The number of H-pyrrole nitrogens is 2. The Morgan fingerprint density at radius 2 is 1.64 bits per heavy atom. The molecule has 248 valence electrons. The van der Waals surface area contributed by atoms with Gasteiger partial charge in [-0.3, -0.25) is 24.4 Å². The molecule has 12 heteroatoms. The van der Waals surface area contributed by atoms with Crippen LogP contribution in [0.1, 0.15) is 86.2 Å². The number of benzene rings is 2. The molecule has 3 unspecified atom stereocenters. The van der Waals surface area contributed by atoms with Gasteiger partial charge < -0.3 is 24.3 Å². The van der Waals surface area contributed by atoms with E-state index in [0.717, 1.165) is 12.8 Å². The van der Waals surface area contributed by atoms with E-state index in [4.69, 9.17) is 30.5 Å². The Hall–Kier alpha value is -4.51. The minimum absolute atomic E-state index is 0.00637. The summed E-state index contributed by atoms with van der Waals surface area (Å²) in [6, 6.07) is 8.66. The van der Waals surface area contributed by atoms with Crippen molar-refractivity contribution in [3.8, 4) is 23.0 Å². The number of hydrogen-bond donors (Lipinski definition) is 3.